The number of halogens is 2. The van der Waals surface area contributed by atoms with Crippen LogP contribution >= 0.6 is 0 Å². The monoisotopic (exact) mass is 457 g/mol. The molecule has 0 aliphatic carbocycles. The van der Waals surface area contributed by atoms with E-state index < -0.39 is 17.3 Å². The van der Waals surface area contributed by atoms with E-state index in [1.807, 2.05) is 30.3 Å². The van der Waals surface area contributed by atoms with Gasteiger partial charge in [-0.15, -0.1) is 0 Å². The predicted octanol–water partition coefficient (Wildman–Crippen LogP) is 4.32. The SMILES string of the molecule is CCOC(=O)c1c(-c2cc3ccccc3nc2N2CCC(F)(F)CC2)[nH]c(C)c(OC)c1=O. The molecule has 0 bridgehead atoms. The number of hydrogen-bond acceptors (Lipinski definition) is 6. The van der Waals surface area contributed by atoms with E-state index in [1.165, 1.54) is 7.11 Å². The molecule has 3 aromatic rings. The highest BCUT2D eigenvalue weighted by molar-refractivity contribution is 6.00. The summed E-state index contributed by atoms with van der Waals surface area (Å²) in [6.07, 6.45) is -0.603. The van der Waals surface area contributed by atoms with Gasteiger partial charge in [0.2, 0.25) is 5.43 Å². The summed E-state index contributed by atoms with van der Waals surface area (Å²) in [6.45, 7) is 3.58. The number of rotatable bonds is 5. The molecule has 0 unspecified atom stereocenters. The van der Waals surface area contributed by atoms with Crippen LogP contribution in [-0.2, 0) is 4.74 Å². The van der Waals surface area contributed by atoms with Crippen LogP contribution in [0.1, 0.15) is 35.8 Å². The maximum Gasteiger partial charge on any atom is 0.344 e. The lowest BCUT2D eigenvalue weighted by Gasteiger charge is -2.34. The Balaban J connectivity index is 1.99. The minimum absolute atomic E-state index is 0.00900. The third-order valence-corrected chi connectivity index (χ3v) is 5.79. The number of carbonyl (C=O) groups excluding carboxylic acids is 1. The number of ether oxygens (including phenoxy) is 2. The van der Waals surface area contributed by atoms with Gasteiger partial charge >= 0.3 is 5.97 Å². The lowest BCUT2D eigenvalue weighted by atomic mass is 10.0. The zero-order valence-corrected chi connectivity index (χ0v) is 18.7. The molecule has 1 N–H and O–H groups in total. The van der Waals surface area contributed by atoms with Crippen molar-refractivity contribution in [2.75, 3.05) is 31.7 Å². The standard InChI is InChI=1S/C24H25F2N3O4/c1-4-33-23(31)18-19(27-14(2)21(32-3)20(18)30)16-13-15-7-5-6-8-17(15)28-22(16)29-11-9-24(25,26)10-12-29/h5-8,13H,4,9-12H2,1-3H3,(H,27,30). The first-order valence-electron chi connectivity index (χ1n) is 10.8. The molecule has 1 aliphatic rings. The number of H-pyrrole nitrogens is 1. The second-order valence-electron chi connectivity index (χ2n) is 7.98. The number of nitrogens with zero attached hydrogens (tertiary/aromatic N) is 2. The van der Waals surface area contributed by atoms with Gasteiger partial charge in [0, 0.05) is 36.9 Å². The van der Waals surface area contributed by atoms with E-state index in [0.717, 1.165) is 5.39 Å². The summed E-state index contributed by atoms with van der Waals surface area (Å²) in [7, 11) is 1.35. The molecular formula is C24H25F2N3O4. The minimum Gasteiger partial charge on any atom is -0.491 e. The van der Waals surface area contributed by atoms with Crippen LogP contribution in [-0.4, -0.2) is 48.7 Å². The van der Waals surface area contributed by atoms with Gasteiger partial charge in [-0.25, -0.2) is 18.6 Å². The van der Waals surface area contributed by atoms with Crippen molar-refractivity contribution in [1.82, 2.24) is 9.97 Å². The summed E-state index contributed by atoms with van der Waals surface area (Å²) < 4.78 is 38.1. The molecular weight excluding hydrogens is 432 g/mol. The number of para-hydroxylation sites is 1. The largest absolute Gasteiger partial charge is 0.491 e. The third-order valence-electron chi connectivity index (χ3n) is 5.79. The lowest BCUT2D eigenvalue weighted by molar-refractivity contribution is -0.0221. The Morgan fingerprint density at radius 2 is 1.94 bits per heavy atom. The molecule has 1 fully saturated rings. The molecule has 174 valence electrons. The quantitative estimate of drug-likeness (QED) is 0.575. The van der Waals surface area contributed by atoms with E-state index in [0.29, 0.717) is 22.6 Å². The maximum atomic E-state index is 13.8. The lowest BCUT2D eigenvalue weighted by Crippen LogP contribution is -2.40. The fourth-order valence-electron chi connectivity index (χ4n) is 4.13. The normalized spacial score (nSPS) is 15.5. The van der Waals surface area contributed by atoms with Crippen molar-refractivity contribution in [2.45, 2.75) is 32.6 Å². The molecule has 4 rings (SSSR count). The Bertz CT molecular complexity index is 1260. The van der Waals surface area contributed by atoms with Crippen LogP contribution in [0.15, 0.2) is 35.1 Å². The topological polar surface area (TPSA) is 84.5 Å². The smallest absolute Gasteiger partial charge is 0.344 e. The number of aryl methyl sites for hydroxylation is 1. The molecule has 1 aliphatic heterocycles. The molecule has 1 aromatic carbocycles. The molecule has 0 radical (unpaired) electrons. The summed E-state index contributed by atoms with van der Waals surface area (Å²) in [6, 6.07) is 9.19. The van der Waals surface area contributed by atoms with Crippen molar-refractivity contribution in [3.63, 3.8) is 0 Å². The molecule has 7 nitrogen and oxygen atoms in total. The van der Waals surface area contributed by atoms with Gasteiger partial charge < -0.3 is 19.4 Å². The van der Waals surface area contributed by atoms with Gasteiger partial charge in [0.25, 0.3) is 5.92 Å². The molecule has 0 atom stereocenters. The molecule has 9 heteroatoms. The fraction of sp³-hybridized carbons (Fsp3) is 0.375. The Morgan fingerprint density at radius 3 is 2.61 bits per heavy atom. The van der Waals surface area contributed by atoms with Crippen molar-refractivity contribution in [1.29, 1.82) is 0 Å². The van der Waals surface area contributed by atoms with Crippen LogP contribution in [0.5, 0.6) is 5.75 Å². The number of methoxy groups -OCH3 is 1. The van der Waals surface area contributed by atoms with E-state index in [4.69, 9.17) is 14.5 Å². The highest BCUT2D eigenvalue weighted by Crippen LogP contribution is 2.37. The first-order chi connectivity index (χ1) is 15.8. The molecule has 0 amide bonds. The van der Waals surface area contributed by atoms with Gasteiger partial charge in [-0.1, -0.05) is 18.2 Å². The molecule has 0 saturated carbocycles. The van der Waals surface area contributed by atoms with Crippen molar-refractivity contribution in [3.05, 3.63) is 51.8 Å². The number of alkyl halides is 2. The van der Waals surface area contributed by atoms with E-state index in [1.54, 1.807) is 18.7 Å². The minimum atomic E-state index is -2.73. The number of benzene rings is 1. The number of anilines is 1. The molecule has 0 spiro atoms. The average molecular weight is 457 g/mol. The average Bonchev–Trinajstić information content (AvgIpc) is 2.78. The molecule has 33 heavy (non-hydrogen) atoms. The number of piperidine rings is 1. The first kappa shape index (κ1) is 22.7. The fourth-order valence-corrected chi connectivity index (χ4v) is 4.13. The second kappa shape index (κ2) is 8.80. The molecule has 1 saturated heterocycles. The number of aromatic amines is 1. The van der Waals surface area contributed by atoms with Crippen molar-refractivity contribution >= 4 is 22.7 Å². The van der Waals surface area contributed by atoms with Crippen molar-refractivity contribution < 1.29 is 23.0 Å². The Hall–Kier alpha value is -3.49. The summed E-state index contributed by atoms with van der Waals surface area (Å²) in [5.41, 5.74) is 0.979. The van der Waals surface area contributed by atoms with Gasteiger partial charge in [0.15, 0.2) is 5.75 Å². The predicted molar refractivity (Wildman–Crippen MR) is 121 cm³/mol. The van der Waals surface area contributed by atoms with E-state index >= 15 is 0 Å². The van der Waals surface area contributed by atoms with Gasteiger partial charge in [-0.2, -0.15) is 0 Å². The van der Waals surface area contributed by atoms with Crippen LogP contribution in [0.2, 0.25) is 0 Å². The van der Waals surface area contributed by atoms with Gasteiger partial charge in [-0.3, -0.25) is 4.79 Å². The first-order valence-corrected chi connectivity index (χ1v) is 10.8. The summed E-state index contributed by atoms with van der Waals surface area (Å²) in [4.78, 5) is 35.7. The number of pyridine rings is 2. The van der Waals surface area contributed by atoms with Crippen LogP contribution in [0.25, 0.3) is 22.2 Å². The Morgan fingerprint density at radius 1 is 1.24 bits per heavy atom. The highest BCUT2D eigenvalue weighted by atomic mass is 19.3. The van der Waals surface area contributed by atoms with Crippen LogP contribution in [0, 0.1) is 6.92 Å². The maximum absolute atomic E-state index is 13.8. The number of esters is 1. The van der Waals surface area contributed by atoms with Gasteiger partial charge in [0.1, 0.15) is 11.4 Å². The molecule has 2 aromatic heterocycles. The Labute approximate surface area is 189 Å². The molecule has 3 heterocycles. The summed E-state index contributed by atoms with van der Waals surface area (Å²) in [5, 5.41) is 0.780. The second-order valence-corrected chi connectivity index (χ2v) is 7.98. The van der Waals surface area contributed by atoms with Crippen LogP contribution < -0.4 is 15.1 Å². The van der Waals surface area contributed by atoms with E-state index in [2.05, 4.69) is 4.98 Å². The van der Waals surface area contributed by atoms with Crippen molar-refractivity contribution in [3.8, 4) is 17.0 Å². The van der Waals surface area contributed by atoms with Crippen LogP contribution in [0.3, 0.4) is 0 Å². The summed E-state index contributed by atoms with van der Waals surface area (Å²) >= 11 is 0. The number of nitrogens with one attached hydrogen (secondary N) is 1. The van der Waals surface area contributed by atoms with E-state index in [9.17, 15) is 18.4 Å². The van der Waals surface area contributed by atoms with Gasteiger partial charge in [0.05, 0.1) is 30.6 Å². The number of hydrogen-bond donors (Lipinski definition) is 1. The Kier molecular flexibility index (Phi) is 6.05. The van der Waals surface area contributed by atoms with E-state index in [-0.39, 0.29) is 49.5 Å². The van der Waals surface area contributed by atoms with Gasteiger partial charge in [-0.05, 0) is 26.0 Å². The zero-order chi connectivity index (χ0) is 23.8. The zero-order valence-electron chi connectivity index (χ0n) is 18.7. The summed E-state index contributed by atoms with van der Waals surface area (Å²) in [5.74, 6) is -3.09. The highest BCUT2D eigenvalue weighted by Gasteiger charge is 2.36. The number of carbonyl (C=O) groups is 1. The number of fused-ring (bicyclic) bond motifs is 1. The number of aromatic nitrogens is 2. The van der Waals surface area contributed by atoms with Crippen LogP contribution in [0.4, 0.5) is 14.6 Å². The third kappa shape index (κ3) is 4.27. The van der Waals surface area contributed by atoms with Crippen molar-refractivity contribution in [2.24, 2.45) is 0 Å².